The maximum Gasteiger partial charge on any atom is 0.0258 e. The molecule has 0 unspecified atom stereocenters. The summed E-state index contributed by atoms with van der Waals surface area (Å²) in [4.78, 5) is 2.76. The minimum Gasteiger partial charge on any atom is -0.0963 e. The van der Waals surface area contributed by atoms with Crippen molar-refractivity contribution >= 4 is 23.5 Å². The molecule has 1 aliphatic heterocycles. The summed E-state index contributed by atoms with van der Waals surface area (Å²) in [5.74, 6) is 0. The second kappa shape index (κ2) is 2.95. The van der Waals surface area contributed by atoms with Crippen molar-refractivity contribution in [1.82, 2.24) is 0 Å². The van der Waals surface area contributed by atoms with Gasteiger partial charge in [-0.3, -0.25) is 0 Å². The maximum absolute atomic E-state index is 2.23. The predicted octanol–water partition coefficient (Wildman–Crippen LogP) is 3.66. The molecule has 0 spiro atoms. The topological polar surface area (TPSA) is 0 Å². The Balaban J connectivity index is 2.48. The molecule has 2 heteroatoms. The van der Waals surface area contributed by atoms with Gasteiger partial charge in [0.25, 0.3) is 0 Å². The molecule has 0 radical (unpaired) electrons. The van der Waals surface area contributed by atoms with E-state index in [2.05, 4.69) is 35.9 Å². The lowest BCUT2D eigenvalue weighted by Gasteiger charge is -2.08. The third-order valence-electron chi connectivity index (χ3n) is 1.54. The molecule has 56 valence electrons. The molecule has 0 aliphatic carbocycles. The number of benzene rings is 1. The van der Waals surface area contributed by atoms with Gasteiger partial charge in [0.1, 0.15) is 0 Å². The third kappa shape index (κ3) is 1.47. The maximum atomic E-state index is 2.23. The number of thioether (sulfide) groups is 2. The number of fused-ring (bicyclic) bond motifs is 1. The highest BCUT2D eigenvalue weighted by atomic mass is 32.2. The molecule has 0 saturated heterocycles. The third-order valence-corrected chi connectivity index (χ3v) is 3.59. The van der Waals surface area contributed by atoms with Gasteiger partial charge >= 0.3 is 0 Å². The summed E-state index contributed by atoms with van der Waals surface area (Å²) in [5, 5.41) is 4.26. The molecule has 0 amide bonds. The van der Waals surface area contributed by atoms with E-state index in [1.54, 1.807) is 23.5 Å². The van der Waals surface area contributed by atoms with Crippen LogP contribution in [0.2, 0.25) is 0 Å². The molecular weight excluding hydrogens is 172 g/mol. The van der Waals surface area contributed by atoms with E-state index in [0.717, 1.165) is 0 Å². The first-order valence-electron chi connectivity index (χ1n) is 3.45. The fourth-order valence-electron chi connectivity index (χ4n) is 1.01. The first kappa shape index (κ1) is 7.32. The van der Waals surface area contributed by atoms with E-state index in [9.17, 15) is 0 Å². The Bertz CT molecular complexity index is 302. The molecule has 2 rings (SSSR count). The lowest BCUT2D eigenvalue weighted by Crippen LogP contribution is -1.80. The highest BCUT2D eigenvalue weighted by Gasteiger charge is 2.04. The summed E-state index contributed by atoms with van der Waals surface area (Å²) in [6, 6.07) is 6.58. The molecule has 11 heavy (non-hydrogen) atoms. The summed E-state index contributed by atoms with van der Waals surface area (Å²) >= 11 is 3.60. The molecule has 1 aromatic carbocycles. The predicted molar refractivity (Wildman–Crippen MR) is 52.0 cm³/mol. The molecular formula is C9H8S2. The minimum atomic E-state index is 1.34. The van der Waals surface area contributed by atoms with Crippen LogP contribution in [0.5, 0.6) is 0 Å². The fourth-order valence-corrected chi connectivity index (χ4v) is 2.79. The SMILES string of the molecule is Cc1ccc2c(c1)SC=CS2. The summed E-state index contributed by atoms with van der Waals surface area (Å²) in [6.45, 7) is 2.13. The Labute approximate surface area is 75.1 Å². The van der Waals surface area contributed by atoms with Crippen molar-refractivity contribution in [1.29, 1.82) is 0 Å². The number of hydrogen-bond donors (Lipinski definition) is 0. The largest absolute Gasteiger partial charge is 0.0963 e. The lowest BCUT2D eigenvalue weighted by molar-refractivity contribution is 1.22. The van der Waals surface area contributed by atoms with Crippen LogP contribution in [0.15, 0.2) is 38.8 Å². The Kier molecular flexibility index (Phi) is 1.96. The van der Waals surface area contributed by atoms with Crippen LogP contribution in [0.1, 0.15) is 5.56 Å². The Hall–Kier alpha value is -0.340. The average molecular weight is 180 g/mol. The molecule has 0 nitrogen and oxygen atoms in total. The first-order valence-corrected chi connectivity index (χ1v) is 5.21. The van der Waals surface area contributed by atoms with Gasteiger partial charge in [0.2, 0.25) is 0 Å². The second-order valence-electron chi connectivity index (χ2n) is 2.46. The zero-order valence-electron chi connectivity index (χ0n) is 6.20. The van der Waals surface area contributed by atoms with Crippen molar-refractivity contribution in [2.75, 3.05) is 0 Å². The zero-order valence-corrected chi connectivity index (χ0v) is 7.84. The minimum absolute atomic E-state index is 1.34. The quantitative estimate of drug-likeness (QED) is 0.597. The van der Waals surface area contributed by atoms with Gasteiger partial charge in [-0.25, -0.2) is 0 Å². The van der Waals surface area contributed by atoms with Crippen LogP contribution in [0.4, 0.5) is 0 Å². The van der Waals surface area contributed by atoms with Gasteiger partial charge in [0, 0.05) is 9.79 Å². The van der Waals surface area contributed by atoms with Gasteiger partial charge in [-0.15, -0.1) is 0 Å². The van der Waals surface area contributed by atoms with Gasteiger partial charge in [0.05, 0.1) is 0 Å². The van der Waals surface area contributed by atoms with E-state index >= 15 is 0 Å². The van der Waals surface area contributed by atoms with E-state index in [0.29, 0.717) is 0 Å². The van der Waals surface area contributed by atoms with Crippen LogP contribution in [-0.4, -0.2) is 0 Å². The van der Waals surface area contributed by atoms with Crippen molar-refractivity contribution in [2.45, 2.75) is 16.7 Å². The molecule has 0 aromatic heterocycles. The molecule has 0 bridgehead atoms. The molecule has 0 N–H and O–H groups in total. The summed E-state index contributed by atoms with van der Waals surface area (Å²) in [6.07, 6.45) is 0. The van der Waals surface area contributed by atoms with Crippen LogP contribution in [0, 0.1) is 6.92 Å². The zero-order chi connectivity index (χ0) is 7.68. The summed E-state index contributed by atoms with van der Waals surface area (Å²) in [7, 11) is 0. The highest BCUT2D eigenvalue weighted by Crippen LogP contribution is 2.37. The van der Waals surface area contributed by atoms with Crippen molar-refractivity contribution in [2.24, 2.45) is 0 Å². The van der Waals surface area contributed by atoms with Crippen molar-refractivity contribution in [3.8, 4) is 0 Å². The van der Waals surface area contributed by atoms with Crippen LogP contribution < -0.4 is 0 Å². The Morgan fingerprint density at radius 3 is 2.55 bits per heavy atom. The Morgan fingerprint density at radius 1 is 1.00 bits per heavy atom. The van der Waals surface area contributed by atoms with Gasteiger partial charge in [-0.1, -0.05) is 29.6 Å². The molecule has 1 aliphatic rings. The lowest BCUT2D eigenvalue weighted by atomic mass is 10.2. The fraction of sp³-hybridized carbons (Fsp3) is 0.111. The van der Waals surface area contributed by atoms with E-state index < -0.39 is 0 Å². The van der Waals surface area contributed by atoms with Gasteiger partial charge in [0.15, 0.2) is 0 Å². The van der Waals surface area contributed by atoms with E-state index in [1.165, 1.54) is 15.4 Å². The monoisotopic (exact) mass is 180 g/mol. The van der Waals surface area contributed by atoms with Crippen LogP contribution >= 0.6 is 23.5 Å². The Morgan fingerprint density at radius 2 is 1.73 bits per heavy atom. The van der Waals surface area contributed by atoms with E-state index in [4.69, 9.17) is 0 Å². The van der Waals surface area contributed by atoms with Crippen LogP contribution in [-0.2, 0) is 0 Å². The van der Waals surface area contributed by atoms with Crippen molar-refractivity contribution in [3.63, 3.8) is 0 Å². The van der Waals surface area contributed by atoms with E-state index in [-0.39, 0.29) is 0 Å². The smallest absolute Gasteiger partial charge is 0.0258 e. The van der Waals surface area contributed by atoms with Crippen LogP contribution in [0.25, 0.3) is 0 Å². The molecule has 0 fully saturated rings. The van der Waals surface area contributed by atoms with Crippen molar-refractivity contribution < 1.29 is 0 Å². The summed E-state index contributed by atoms with van der Waals surface area (Å²) in [5.41, 5.74) is 1.34. The van der Waals surface area contributed by atoms with Gasteiger partial charge in [-0.05, 0) is 35.4 Å². The molecule has 1 aromatic rings. The van der Waals surface area contributed by atoms with Gasteiger partial charge in [-0.2, -0.15) is 0 Å². The average Bonchev–Trinajstić information content (AvgIpc) is 2.04. The summed E-state index contributed by atoms with van der Waals surface area (Å²) < 4.78 is 0. The van der Waals surface area contributed by atoms with E-state index in [1.807, 2.05) is 0 Å². The van der Waals surface area contributed by atoms with Crippen molar-refractivity contribution in [3.05, 3.63) is 34.6 Å². The first-order chi connectivity index (χ1) is 5.36. The number of hydrogen-bond acceptors (Lipinski definition) is 2. The molecule has 0 atom stereocenters. The number of aryl methyl sites for hydroxylation is 1. The normalized spacial score (nSPS) is 14.6. The molecule has 1 heterocycles. The number of rotatable bonds is 0. The molecule has 0 saturated carbocycles. The standard InChI is InChI=1S/C9H8S2/c1-7-2-3-8-9(6-7)11-5-4-10-8/h2-6H,1H3. The highest BCUT2D eigenvalue weighted by molar-refractivity contribution is 8.08. The van der Waals surface area contributed by atoms with Crippen LogP contribution in [0.3, 0.4) is 0 Å². The second-order valence-corrected chi connectivity index (χ2v) is 4.35. The van der Waals surface area contributed by atoms with Gasteiger partial charge < -0.3 is 0 Å².